The quantitative estimate of drug-likeness (QED) is 0.710. The first-order chi connectivity index (χ1) is 7.58. The van der Waals surface area contributed by atoms with Gasteiger partial charge in [-0.2, -0.15) is 4.98 Å². The molecule has 0 aromatic carbocycles. The summed E-state index contributed by atoms with van der Waals surface area (Å²) in [6, 6.07) is 0. The third-order valence-corrected chi connectivity index (χ3v) is 2.67. The van der Waals surface area contributed by atoms with Gasteiger partial charge in [0.05, 0.1) is 11.4 Å². The zero-order valence-electron chi connectivity index (χ0n) is 10.5. The van der Waals surface area contributed by atoms with E-state index in [9.17, 15) is 0 Å². The van der Waals surface area contributed by atoms with Gasteiger partial charge in [-0.1, -0.05) is 20.3 Å². The monoisotopic (exact) mass is 223 g/mol. The Labute approximate surface area is 96.9 Å². The van der Waals surface area contributed by atoms with Crippen LogP contribution >= 0.6 is 0 Å². The molecule has 0 fully saturated rings. The van der Waals surface area contributed by atoms with Crippen molar-refractivity contribution in [3.8, 4) is 0 Å². The average molecular weight is 223 g/mol. The summed E-state index contributed by atoms with van der Waals surface area (Å²) in [5.74, 6) is 1.69. The molecule has 0 amide bonds. The van der Waals surface area contributed by atoms with E-state index in [4.69, 9.17) is 5.73 Å². The molecule has 0 aliphatic heterocycles. The van der Waals surface area contributed by atoms with Crippen LogP contribution in [0.1, 0.15) is 26.0 Å². The van der Waals surface area contributed by atoms with Crippen LogP contribution in [0.3, 0.4) is 0 Å². The Morgan fingerprint density at radius 1 is 1.38 bits per heavy atom. The number of hydrogen-bond donors (Lipinski definition) is 3. The Balaban J connectivity index is 2.85. The maximum absolute atomic E-state index is 5.60. The van der Waals surface area contributed by atoms with Crippen molar-refractivity contribution in [2.24, 2.45) is 5.92 Å². The van der Waals surface area contributed by atoms with Crippen LogP contribution in [-0.4, -0.2) is 23.6 Å². The fraction of sp³-hybridized carbons (Fsp3) is 0.636. The SMILES string of the molecule is CCC(C)CNc1c(C)nc(N)nc1NC. The first kappa shape index (κ1) is 12.5. The van der Waals surface area contributed by atoms with E-state index in [1.165, 1.54) is 0 Å². The maximum atomic E-state index is 5.60. The number of nitrogens with two attached hydrogens (primary N) is 1. The highest BCUT2D eigenvalue weighted by Gasteiger charge is 2.09. The molecule has 1 aromatic heterocycles. The molecule has 1 rings (SSSR count). The lowest BCUT2D eigenvalue weighted by molar-refractivity contribution is 0.593. The lowest BCUT2D eigenvalue weighted by atomic mass is 10.1. The highest BCUT2D eigenvalue weighted by molar-refractivity contribution is 5.67. The molecule has 5 nitrogen and oxygen atoms in total. The number of nitrogen functional groups attached to an aromatic ring is 1. The van der Waals surface area contributed by atoms with Crippen molar-refractivity contribution in [1.82, 2.24) is 9.97 Å². The van der Waals surface area contributed by atoms with Crippen LogP contribution in [0.4, 0.5) is 17.5 Å². The number of anilines is 3. The maximum Gasteiger partial charge on any atom is 0.222 e. The molecule has 0 aliphatic carbocycles. The lowest BCUT2D eigenvalue weighted by Crippen LogP contribution is -2.14. The molecular formula is C11H21N5. The largest absolute Gasteiger partial charge is 0.380 e. The fourth-order valence-electron chi connectivity index (χ4n) is 1.41. The van der Waals surface area contributed by atoms with Crippen molar-refractivity contribution in [2.45, 2.75) is 27.2 Å². The van der Waals surface area contributed by atoms with E-state index in [0.717, 1.165) is 30.2 Å². The van der Waals surface area contributed by atoms with Gasteiger partial charge in [-0.05, 0) is 12.8 Å². The van der Waals surface area contributed by atoms with Crippen molar-refractivity contribution in [2.75, 3.05) is 30.0 Å². The zero-order chi connectivity index (χ0) is 12.1. The van der Waals surface area contributed by atoms with E-state index < -0.39 is 0 Å². The zero-order valence-corrected chi connectivity index (χ0v) is 10.5. The van der Waals surface area contributed by atoms with Crippen LogP contribution in [0.2, 0.25) is 0 Å². The van der Waals surface area contributed by atoms with Gasteiger partial charge in [0.15, 0.2) is 5.82 Å². The molecule has 0 aliphatic rings. The minimum atomic E-state index is 0.302. The first-order valence-corrected chi connectivity index (χ1v) is 5.64. The van der Waals surface area contributed by atoms with Gasteiger partial charge in [0.1, 0.15) is 0 Å². The van der Waals surface area contributed by atoms with E-state index in [-0.39, 0.29) is 0 Å². The molecule has 0 spiro atoms. The van der Waals surface area contributed by atoms with E-state index >= 15 is 0 Å². The number of nitrogens with one attached hydrogen (secondary N) is 2. The Hall–Kier alpha value is -1.52. The number of aromatic nitrogens is 2. The molecule has 1 unspecified atom stereocenters. The van der Waals surface area contributed by atoms with Gasteiger partial charge in [-0.15, -0.1) is 0 Å². The van der Waals surface area contributed by atoms with Crippen molar-refractivity contribution in [3.05, 3.63) is 5.69 Å². The molecule has 90 valence electrons. The van der Waals surface area contributed by atoms with E-state index in [2.05, 4.69) is 34.4 Å². The van der Waals surface area contributed by atoms with Gasteiger partial charge in [-0.3, -0.25) is 0 Å². The number of nitrogens with zero attached hydrogens (tertiary/aromatic N) is 2. The predicted octanol–water partition coefficient (Wildman–Crippen LogP) is 1.87. The fourth-order valence-corrected chi connectivity index (χ4v) is 1.41. The summed E-state index contributed by atoms with van der Waals surface area (Å²) in [5, 5.41) is 6.39. The summed E-state index contributed by atoms with van der Waals surface area (Å²) in [6.07, 6.45) is 1.15. The van der Waals surface area contributed by atoms with Gasteiger partial charge in [-0.25, -0.2) is 4.98 Å². The molecule has 0 radical (unpaired) electrons. The predicted molar refractivity (Wildman–Crippen MR) is 68.7 cm³/mol. The van der Waals surface area contributed by atoms with Crippen molar-refractivity contribution in [3.63, 3.8) is 0 Å². The number of rotatable bonds is 5. The van der Waals surface area contributed by atoms with Crippen molar-refractivity contribution in [1.29, 1.82) is 0 Å². The average Bonchev–Trinajstić information content (AvgIpc) is 2.26. The normalized spacial score (nSPS) is 12.2. The molecule has 0 bridgehead atoms. The Morgan fingerprint density at radius 3 is 2.62 bits per heavy atom. The van der Waals surface area contributed by atoms with Crippen LogP contribution in [-0.2, 0) is 0 Å². The van der Waals surface area contributed by atoms with Crippen molar-refractivity contribution >= 4 is 17.5 Å². The second kappa shape index (κ2) is 5.53. The molecule has 0 saturated heterocycles. The standard InChI is InChI=1S/C11H21N5/c1-5-7(2)6-14-9-8(3)15-11(12)16-10(9)13-4/h7,14H,5-6H2,1-4H3,(H3,12,13,15,16). The van der Waals surface area contributed by atoms with Gasteiger partial charge < -0.3 is 16.4 Å². The Kier molecular flexibility index (Phi) is 4.34. The van der Waals surface area contributed by atoms with Gasteiger partial charge in [0, 0.05) is 13.6 Å². The molecule has 1 atom stereocenters. The summed E-state index contributed by atoms with van der Waals surface area (Å²) in [6.45, 7) is 7.23. The van der Waals surface area contributed by atoms with Crippen LogP contribution in [0.15, 0.2) is 0 Å². The van der Waals surface area contributed by atoms with Crippen LogP contribution < -0.4 is 16.4 Å². The summed E-state index contributed by atoms with van der Waals surface area (Å²) in [7, 11) is 1.83. The Bertz CT molecular complexity index is 350. The Morgan fingerprint density at radius 2 is 2.06 bits per heavy atom. The molecule has 0 saturated carbocycles. The number of hydrogen-bond acceptors (Lipinski definition) is 5. The van der Waals surface area contributed by atoms with Crippen molar-refractivity contribution < 1.29 is 0 Å². The van der Waals surface area contributed by atoms with E-state index in [1.54, 1.807) is 0 Å². The summed E-state index contributed by atoms with van der Waals surface area (Å²) in [5.41, 5.74) is 7.41. The molecule has 4 N–H and O–H groups in total. The minimum absolute atomic E-state index is 0.302. The molecule has 1 heterocycles. The van der Waals surface area contributed by atoms with E-state index in [0.29, 0.717) is 11.9 Å². The van der Waals surface area contributed by atoms with Gasteiger partial charge in [0.25, 0.3) is 0 Å². The third kappa shape index (κ3) is 2.98. The second-order valence-corrected chi connectivity index (χ2v) is 4.04. The molecular weight excluding hydrogens is 202 g/mol. The summed E-state index contributed by atoms with van der Waals surface area (Å²) < 4.78 is 0. The topological polar surface area (TPSA) is 75.9 Å². The minimum Gasteiger partial charge on any atom is -0.380 e. The van der Waals surface area contributed by atoms with E-state index in [1.807, 2.05) is 14.0 Å². The van der Waals surface area contributed by atoms with Crippen LogP contribution in [0.25, 0.3) is 0 Å². The summed E-state index contributed by atoms with van der Waals surface area (Å²) >= 11 is 0. The van der Waals surface area contributed by atoms with Gasteiger partial charge >= 0.3 is 0 Å². The molecule has 5 heteroatoms. The summed E-state index contributed by atoms with van der Waals surface area (Å²) in [4.78, 5) is 8.30. The number of aryl methyl sites for hydroxylation is 1. The van der Waals surface area contributed by atoms with Crippen LogP contribution in [0.5, 0.6) is 0 Å². The second-order valence-electron chi connectivity index (χ2n) is 4.04. The van der Waals surface area contributed by atoms with Gasteiger partial charge in [0.2, 0.25) is 5.95 Å². The highest BCUT2D eigenvalue weighted by atomic mass is 15.1. The first-order valence-electron chi connectivity index (χ1n) is 5.64. The third-order valence-electron chi connectivity index (χ3n) is 2.67. The highest BCUT2D eigenvalue weighted by Crippen LogP contribution is 2.23. The lowest BCUT2D eigenvalue weighted by Gasteiger charge is -2.16. The van der Waals surface area contributed by atoms with Crippen LogP contribution in [0, 0.1) is 12.8 Å². The smallest absolute Gasteiger partial charge is 0.222 e. The molecule has 1 aromatic rings. The molecule has 16 heavy (non-hydrogen) atoms.